The molecule has 2 rings (SSSR count). The van der Waals surface area contributed by atoms with Crippen LogP contribution in [0.4, 0.5) is 5.69 Å². The Morgan fingerprint density at radius 3 is 2.62 bits per heavy atom. The minimum Gasteiger partial charge on any atom is -0.375 e. The van der Waals surface area contributed by atoms with E-state index >= 15 is 0 Å². The highest BCUT2D eigenvalue weighted by atomic mass is 32.1. The summed E-state index contributed by atoms with van der Waals surface area (Å²) in [5.41, 5.74) is 2.34. The van der Waals surface area contributed by atoms with Gasteiger partial charge in [-0.05, 0) is 25.5 Å². The van der Waals surface area contributed by atoms with Crippen LogP contribution in [0.5, 0.6) is 0 Å². The zero-order valence-electron chi connectivity index (χ0n) is 15.0. The molecule has 6 heteroatoms. The van der Waals surface area contributed by atoms with Gasteiger partial charge in [0.05, 0.1) is 17.2 Å². The van der Waals surface area contributed by atoms with Gasteiger partial charge >= 0.3 is 0 Å². The Hall–Kier alpha value is -2.08. The van der Waals surface area contributed by atoms with Crippen LogP contribution in [0.15, 0.2) is 40.7 Å². The summed E-state index contributed by atoms with van der Waals surface area (Å²) in [6, 6.07) is 10.5. The first-order chi connectivity index (χ1) is 11.6. The third-order valence-corrected chi connectivity index (χ3v) is 4.61. The molecule has 0 spiro atoms. The number of nitrogens with zero attached hydrogens (tertiary/aromatic N) is 4. The monoisotopic (exact) mass is 345 g/mol. The lowest BCUT2D eigenvalue weighted by atomic mass is 10.3. The number of guanidine groups is 1. The highest BCUT2D eigenvalue weighted by Gasteiger charge is 2.08. The molecule has 0 saturated heterocycles. The summed E-state index contributed by atoms with van der Waals surface area (Å²) in [5, 5.41) is 6.64. The first-order valence-corrected chi connectivity index (χ1v) is 9.07. The SMILES string of the molecule is CN=C(NCCCN(C)c1ccccc1)N(C)Cc1csc(C)n1. The maximum absolute atomic E-state index is 4.51. The van der Waals surface area contributed by atoms with E-state index in [0.29, 0.717) is 0 Å². The molecule has 1 aromatic carbocycles. The number of rotatable bonds is 7. The van der Waals surface area contributed by atoms with Gasteiger partial charge in [-0.15, -0.1) is 11.3 Å². The summed E-state index contributed by atoms with van der Waals surface area (Å²) in [6.45, 7) is 4.70. The van der Waals surface area contributed by atoms with Crippen LogP contribution in [-0.4, -0.2) is 50.1 Å². The molecule has 24 heavy (non-hydrogen) atoms. The first kappa shape index (κ1) is 18.3. The normalized spacial score (nSPS) is 11.4. The average Bonchev–Trinajstić information content (AvgIpc) is 3.00. The van der Waals surface area contributed by atoms with Crippen LogP contribution in [0.2, 0.25) is 0 Å². The van der Waals surface area contributed by atoms with Gasteiger partial charge in [0, 0.05) is 45.3 Å². The molecule has 0 aliphatic carbocycles. The van der Waals surface area contributed by atoms with E-state index in [9.17, 15) is 0 Å². The maximum Gasteiger partial charge on any atom is 0.193 e. The molecule has 0 radical (unpaired) electrons. The number of anilines is 1. The number of aliphatic imine (C=N–C) groups is 1. The molecule has 0 amide bonds. The third-order valence-electron chi connectivity index (χ3n) is 3.79. The second kappa shape index (κ2) is 9.27. The summed E-state index contributed by atoms with van der Waals surface area (Å²) >= 11 is 1.68. The smallest absolute Gasteiger partial charge is 0.193 e. The van der Waals surface area contributed by atoms with E-state index in [4.69, 9.17) is 0 Å². The topological polar surface area (TPSA) is 43.8 Å². The van der Waals surface area contributed by atoms with Gasteiger partial charge in [-0.2, -0.15) is 0 Å². The lowest BCUT2D eigenvalue weighted by Crippen LogP contribution is -2.39. The van der Waals surface area contributed by atoms with Crippen LogP contribution < -0.4 is 10.2 Å². The van der Waals surface area contributed by atoms with E-state index in [1.807, 2.05) is 27.1 Å². The van der Waals surface area contributed by atoms with Crippen molar-refractivity contribution >= 4 is 23.0 Å². The van der Waals surface area contributed by atoms with Crippen LogP contribution in [0, 0.1) is 6.92 Å². The average molecular weight is 346 g/mol. The fourth-order valence-corrected chi connectivity index (χ4v) is 3.12. The second-order valence-corrected chi connectivity index (χ2v) is 6.86. The lowest BCUT2D eigenvalue weighted by molar-refractivity contribution is 0.470. The number of aromatic nitrogens is 1. The first-order valence-electron chi connectivity index (χ1n) is 8.19. The molecular weight excluding hydrogens is 318 g/mol. The Kier molecular flexibility index (Phi) is 7.06. The quantitative estimate of drug-likeness (QED) is 0.476. The molecule has 0 fully saturated rings. The fourth-order valence-electron chi connectivity index (χ4n) is 2.51. The molecule has 1 heterocycles. The largest absolute Gasteiger partial charge is 0.375 e. The number of thiazole rings is 1. The zero-order valence-corrected chi connectivity index (χ0v) is 15.8. The van der Waals surface area contributed by atoms with Gasteiger partial charge in [0.2, 0.25) is 0 Å². The molecule has 0 bridgehead atoms. The molecule has 1 aromatic heterocycles. The van der Waals surface area contributed by atoms with E-state index in [0.717, 1.165) is 42.7 Å². The van der Waals surface area contributed by atoms with E-state index in [1.54, 1.807) is 11.3 Å². The summed E-state index contributed by atoms with van der Waals surface area (Å²) in [4.78, 5) is 13.2. The summed E-state index contributed by atoms with van der Waals surface area (Å²) in [6.07, 6.45) is 1.05. The van der Waals surface area contributed by atoms with Gasteiger partial charge in [-0.1, -0.05) is 18.2 Å². The molecule has 0 saturated carbocycles. The van der Waals surface area contributed by atoms with Gasteiger partial charge in [-0.3, -0.25) is 4.99 Å². The van der Waals surface area contributed by atoms with Gasteiger partial charge in [0.15, 0.2) is 5.96 Å². The number of aryl methyl sites for hydroxylation is 1. The van der Waals surface area contributed by atoms with Crippen molar-refractivity contribution in [3.8, 4) is 0 Å². The fraction of sp³-hybridized carbons (Fsp3) is 0.444. The standard InChI is InChI=1S/C18H27N5S/c1-15-21-16(14-24-15)13-23(4)18(19-2)20-11-8-12-22(3)17-9-6-5-7-10-17/h5-7,9-10,14H,8,11-13H2,1-4H3,(H,19,20). The molecule has 1 N–H and O–H groups in total. The number of benzene rings is 1. The number of hydrogen-bond donors (Lipinski definition) is 1. The number of hydrogen-bond acceptors (Lipinski definition) is 4. The molecule has 0 aliphatic rings. The predicted molar refractivity (Wildman–Crippen MR) is 104 cm³/mol. The predicted octanol–water partition coefficient (Wildman–Crippen LogP) is 2.99. The van der Waals surface area contributed by atoms with Gasteiger partial charge in [0.25, 0.3) is 0 Å². The summed E-state index contributed by atoms with van der Waals surface area (Å²) in [5.74, 6) is 0.906. The van der Waals surface area contributed by atoms with Crippen LogP contribution >= 0.6 is 11.3 Å². The van der Waals surface area contributed by atoms with Crippen LogP contribution in [-0.2, 0) is 6.54 Å². The lowest BCUT2D eigenvalue weighted by Gasteiger charge is -2.23. The van der Waals surface area contributed by atoms with E-state index in [2.05, 4.69) is 61.8 Å². The molecule has 0 aliphatic heterocycles. The Labute approximate surface area is 149 Å². The van der Waals surface area contributed by atoms with Crippen LogP contribution in [0.1, 0.15) is 17.1 Å². The van der Waals surface area contributed by atoms with Crippen molar-refractivity contribution in [2.75, 3.05) is 39.1 Å². The molecule has 0 unspecified atom stereocenters. The van der Waals surface area contributed by atoms with Crippen molar-refractivity contribution in [2.45, 2.75) is 19.9 Å². The van der Waals surface area contributed by atoms with Crippen LogP contribution in [0.3, 0.4) is 0 Å². The van der Waals surface area contributed by atoms with Gasteiger partial charge in [-0.25, -0.2) is 4.98 Å². The minimum atomic E-state index is 0.772. The van der Waals surface area contributed by atoms with Crippen molar-refractivity contribution in [3.05, 3.63) is 46.4 Å². The van der Waals surface area contributed by atoms with Gasteiger partial charge < -0.3 is 15.1 Å². The molecular formula is C18H27N5S. The number of nitrogens with one attached hydrogen (secondary N) is 1. The Morgan fingerprint density at radius 1 is 1.25 bits per heavy atom. The van der Waals surface area contributed by atoms with Crippen LogP contribution in [0.25, 0.3) is 0 Å². The molecule has 2 aromatic rings. The van der Waals surface area contributed by atoms with Crippen molar-refractivity contribution in [1.29, 1.82) is 0 Å². The highest BCUT2D eigenvalue weighted by Crippen LogP contribution is 2.11. The Bertz CT molecular complexity index is 638. The summed E-state index contributed by atoms with van der Waals surface area (Å²) in [7, 11) is 5.99. The van der Waals surface area contributed by atoms with Gasteiger partial charge in [0.1, 0.15) is 0 Å². The summed E-state index contributed by atoms with van der Waals surface area (Å²) < 4.78 is 0. The Morgan fingerprint density at radius 2 is 2.00 bits per heavy atom. The molecule has 130 valence electrons. The van der Waals surface area contributed by atoms with E-state index < -0.39 is 0 Å². The maximum atomic E-state index is 4.51. The van der Waals surface area contributed by atoms with Crippen molar-refractivity contribution < 1.29 is 0 Å². The second-order valence-electron chi connectivity index (χ2n) is 5.80. The number of para-hydroxylation sites is 1. The van der Waals surface area contributed by atoms with Crippen molar-refractivity contribution in [2.24, 2.45) is 4.99 Å². The minimum absolute atomic E-state index is 0.772. The van der Waals surface area contributed by atoms with E-state index in [-0.39, 0.29) is 0 Å². The van der Waals surface area contributed by atoms with E-state index in [1.165, 1.54) is 5.69 Å². The Balaban J connectivity index is 1.73. The molecule has 0 atom stereocenters. The highest BCUT2D eigenvalue weighted by molar-refractivity contribution is 7.09. The van der Waals surface area contributed by atoms with Crippen molar-refractivity contribution in [3.63, 3.8) is 0 Å². The van der Waals surface area contributed by atoms with Crippen molar-refractivity contribution in [1.82, 2.24) is 15.2 Å². The third kappa shape index (κ3) is 5.53. The molecule has 5 nitrogen and oxygen atoms in total. The zero-order chi connectivity index (χ0) is 17.4.